The molecule has 296 valence electrons. The molecular weight excluding hydrogens is 623 g/mol. The van der Waals surface area contributed by atoms with E-state index in [2.05, 4.69) is 109 Å². The molecule has 0 spiro atoms. The van der Waals surface area contributed by atoms with Gasteiger partial charge in [0.2, 0.25) is 0 Å². The maximum Gasteiger partial charge on any atom is 0.330 e. The summed E-state index contributed by atoms with van der Waals surface area (Å²) in [6.45, 7) is 13.4. The van der Waals surface area contributed by atoms with E-state index < -0.39 is 0 Å². The van der Waals surface area contributed by atoms with Crippen LogP contribution >= 0.6 is 0 Å². The lowest BCUT2D eigenvalue weighted by molar-refractivity contribution is -0.143. The number of esters is 1. The number of hydrogen-bond donors (Lipinski definition) is 0. The zero-order chi connectivity index (χ0) is 37.9. The summed E-state index contributed by atoms with van der Waals surface area (Å²) in [7, 11) is 4.20. The summed E-state index contributed by atoms with van der Waals surface area (Å²) in [6, 6.07) is 0. The minimum absolute atomic E-state index is 0.0313. The molecule has 0 heterocycles. The first-order valence-electron chi connectivity index (χ1n) is 21.8. The van der Waals surface area contributed by atoms with Gasteiger partial charge in [-0.1, -0.05) is 159 Å². The van der Waals surface area contributed by atoms with E-state index in [1.165, 1.54) is 128 Å². The molecule has 0 aliphatic rings. The highest BCUT2D eigenvalue weighted by molar-refractivity contribution is 5.82. The molecule has 0 aliphatic carbocycles. The van der Waals surface area contributed by atoms with E-state index in [9.17, 15) is 4.79 Å². The fourth-order valence-electron chi connectivity index (χ4n) is 6.24. The van der Waals surface area contributed by atoms with Crippen LogP contribution in [0.3, 0.4) is 0 Å². The molecule has 3 nitrogen and oxygen atoms in total. The van der Waals surface area contributed by atoms with Crippen LogP contribution in [0.2, 0.25) is 0 Å². The van der Waals surface area contributed by atoms with E-state index in [4.69, 9.17) is 4.74 Å². The van der Waals surface area contributed by atoms with Crippen LogP contribution in [0.1, 0.15) is 208 Å². The number of ether oxygens (including phenoxy) is 1. The summed E-state index contributed by atoms with van der Waals surface area (Å²) in [4.78, 5) is 15.2. The highest BCUT2D eigenvalue weighted by Gasteiger charge is 2.36. The molecule has 0 bridgehead atoms. The number of allylic oxidation sites excluding steroid dienone is 8. The second-order valence-electron chi connectivity index (χ2n) is 16.3. The Hall–Kier alpha value is -1.87. The molecule has 0 saturated carbocycles. The number of hydrogen-bond acceptors (Lipinski definition) is 3. The first-order chi connectivity index (χ1) is 24.6. The average molecular weight is 710 g/mol. The molecule has 0 saturated heterocycles. The summed E-state index contributed by atoms with van der Waals surface area (Å²) in [5.41, 5.74) is -0.238. The minimum atomic E-state index is -0.178. The van der Waals surface area contributed by atoms with Crippen molar-refractivity contribution in [2.24, 2.45) is 5.41 Å². The van der Waals surface area contributed by atoms with Gasteiger partial charge in [-0.05, 0) is 118 Å². The number of rotatable bonds is 35. The zero-order valence-corrected chi connectivity index (χ0v) is 35.5. The van der Waals surface area contributed by atoms with Crippen LogP contribution in [-0.4, -0.2) is 36.6 Å². The molecule has 0 fully saturated rings. The summed E-state index contributed by atoms with van der Waals surface area (Å²) in [5, 5.41) is 0. The third kappa shape index (κ3) is 29.3. The van der Waals surface area contributed by atoms with E-state index in [1.54, 1.807) is 6.08 Å². The van der Waals surface area contributed by atoms with Crippen LogP contribution in [-0.2, 0) is 9.53 Å². The molecule has 0 aliphatic heterocycles. The number of unbranched alkanes of at least 4 members (excludes halogenated alkanes) is 18. The van der Waals surface area contributed by atoms with Crippen molar-refractivity contribution in [1.29, 1.82) is 0 Å². The van der Waals surface area contributed by atoms with Crippen LogP contribution in [0, 0.1) is 5.41 Å². The van der Waals surface area contributed by atoms with Gasteiger partial charge in [-0.25, -0.2) is 4.79 Å². The van der Waals surface area contributed by atoms with Gasteiger partial charge in [0, 0.05) is 17.0 Å². The van der Waals surface area contributed by atoms with Crippen LogP contribution in [0.4, 0.5) is 0 Å². The minimum Gasteiger partial charge on any atom is -0.459 e. The van der Waals surface area contributed by atoms with Gasteiger partial charge in [-0.3, -0.25) is 0 Å². The maximum atomic E-state index is 13.0. The van der Waals surface area contributed by atoms with E-state index >= 15 is 0 Å². The number of carbonyl (C=O) groups is 1. The largest absolute Gasteiger partial charge is 0.459 e. The van der Waals surface area contributed by atoms with Gasteiger partial charge in [0.05, 0.1) is 0 Å². The van der Waals surface area contributed by atoms with Gasteiger partial charge >= 0.3 is 5.97 Å². The normalized spacial score (nSPS) is 13.2. The van der Waals surface area contributed by atoms with Crippen LogP contribution in [0.15, 0.2) is 60.8 Å². The van der Waals surface area contributed by atoms with Crippen molar-refractivity contribution in [3.63, 3.8) is 0 Å². The van der Waals surface area contributed by atoms with Crippen molar-refractivity contribution >= 4 is 5.97 Å². The van der Waals surface area contributed by atoms with E-state index in [0.717, 1.165) is 38.5 Å². The van der Waals surface area contributed by atoms with Crippen molar-refractivity contribution in [2.45, 2.75) is 220 Å². The lowest BCUT2D eigenvalue weighted by atomic mass is 9.73. The Morgan fingerprint density at radius 1 is 0.529 bits per heavy atom. The fourth-order valence-corrected chi connectivity index (χ4v) is 6.24. The molecule has 51 heavy (non-hydrogen) atoms. The van der Waals surface area contributed by atoms with Crippen molar-refractivity contribution in [3.05, 3.63) is 60.8 Å². The van der Waals surface area contributed by atoms with Crippen molar-refractivity contribution in [3.8, 4) is 0 Å². The first kappa shape index (κ1) is 49.1. The zero-order valence-electron chi connectivity index (χ0n) is 35.5. The van der Waals surface area contributed by atoms with Gasteiger partial charge in [0.1, 0.15) is 6.10 Å². The molecule has 0 amide bonds. The predicted molar refractivity (Wildman–Crippen MR) is 229 cm³/mol. The third-order valence-electron chi connectivity index (χ3n) is 11.1. The highest BCUT2D eigenvalue weighted by atomic mass is 16.5. The monoisotopic (exact) mass is 710 g/mol. The molecule has 0 aromatic rings. The summed E-state index contributed by atoms with van der Waals surface area (Å²) in [5.74, 6) is -0.178. The highest BCUT2D eigenvalue weighted by Crippen LogP contribution is 2.35. The fraction of sp³-hybridized carbons (Fsp3) is 0.771. The molecule has 0 atom stereocenters. The topological polar surface area (TPSA) is 29.5 Å². The molecule has 3 heteroatoms. The Kier molecular flexibility index (Phi) is 32.7. The second-order valence-corrected chi connectivity index (χ2v) is 16.3. The molecule has 0 unspecified atom stereocenters. The summed E-state index contributed by atoms with van der Waals surface area (Å²) in [6.07, 6.45) is 54.5. The van der Waals surface area contributed by atoms with Gasteiger partial charge in [-0.15, -0.1) is 0 Å². The quantitative estimate of drug-likeness (QED) is 0.0284. The smallest absolute Gasteiger partial charge is 0.330 e. The van der Waals surface area contributed by atoms with Crippen LogP contribution in [0.5, 0.6) is 0 Å². The van der Waals surface area contributed by atoms with Gasteiger partial charge in [-0.2, -0.15) is 0 Å². The predicted octanol–water partition coefficient (Wildman–Crippen LogP) is 15.2. The Morgan fingerprint density at radius 3 is 1.25 bits per heavy atom. The Bertz CT molecular complexity index is 887. The molecule has 0 aromatic carbocycles. The average Bonchev–Trinajstić information content (AvgIpc) is 3.10. The van der Waals surface area contributed by atoms with Gasteiger partial charge < -0.3 is 9.64 Å². The van der Waals surface area contributed by atoms with Gasteiger partial charge in [0.25, 0.3) is 0 Å². The van der Waals surface area contributed by atoms with E-state index in [0.29, 0.717) is 0 Å². The molecule has 0 aromatic heterocycles. The standard InChI is InChI=1S/C48H87NO2/c1-9-11-13-15-17-19-21-23-25-27-29-31-33-35-37-39-41-45(51-46(50)43-44-47(3,4)48(5,6)49(7)8)42-40-38-36-34-32-30-28-26-24-22-20-18-16-14-12-10-2/h17-20,23-26,43-45H,9-16,21-22,27-42H2,1-8H3/b19-17-,20-18-,25-23-,26-24-,44-43+. The summed E-state index contributed by atoms with van der Waals surface area (Å²) >= 11 is 0. The Labute approximate surface area is 319 Å². The third-order valence-corrected chi connectivity index (χ3v) is 11.1. The Morgan fingerprint density at radius 2 is 0.882 bits per heavy atom. The second kappa shape index (κ2) is 33.9. The number of carbonyl (C=O) groups excluding carboxylic acids is 1. The molecule has 0 rings (SSSR count). The van der Waals surface area contributed by atoms with Gasteiger partial charge in [0.15, 0.2) is 0 Å². The van der Waals surface area contributed by atoms with Crippen molar-refractivity contribution < 1.29 is 9.53 Å². The number of nitrogens with zero attached hydrogens (tertiary/aromatic N) is 1. The lowest BCUT2D eigenvalue weighted by Gasteiger charge is -2.44. The molecule has 0 radical (unpaired) electrons. The van der Waals surface area contributed by atoms with E-state index in [-0.39, 0.29) is 23.0 Å². The van der Waals surface area contributed by atoms with E-state index in [1.807, 2.05) is 6.08 Å². The first-order valence-corrected chi connectivity index (χ1v) is 21.8. The SMILES string of the molecule is CCCCC/C=C\C/C=C\CCCCCCCCC(CCCCCCCC/C=C\C/C=C\CCCCC)OC(=O)/C=C/C(C)(C)C(C)(C)N(C)C. The lowest BCUT2D eigenvalue weighted by Crippen LogP contribution is -2.49. The Balaban J connectivity index is 4.47. The van der Waals surface area contributed by atoms with Crippen LogP contribution < -0.4 is 0 Å². The van der Waals surface area contributed by atoms with Crippen molar-refractivity contribution in [2.75, 3.05) is 14.1 Å². The van der Waals surface area contributed by atoms with Crippen molar-refractivity contribution in [1.82, 2.24) is 4.90 Å². The molecule has 0 N–H and O–H groups in total. The maximum absolute atomic E-state index is 13.0. The molecular formula is C48H87NO2. The van der Waals surface area contributed by atoms with Crippen LogP contribution in [0.25, 0.3) is 0 Å². The summed E-state index contributed by atoms with van der Waals surface area (Å²) < 4.78 is 6.10.